The van der Waals surface area contributed by atoms with Gasteiger partial charge in [-0.25, -0.2) is 0 Å². The van der Waals surface area contributed by atoms with E-state index in [0.717, 1.165) is 24.1 Å². The Morgan fingerprint density at radius 3 is 1.64 bits per heavy atom. The quantitative estimate of drug-likeness (QED) is 0.542. The monoisotopic (exact) mass is 158 g/mol. The van der Waals surface area contributed by atoms with E-state index in [1.54, 1.807) is 0 Å². The second-order valence-corrected chi connectivity index (χ2v) is 2.87. The predicted molar refractivity (Wildman–Crippen MR) is 44.9 cm³/mol. The van der Waals surface area contributed by atoms with Gasteiger partial charge in [0.05, 0.1) is 19.6 Å². The van der Waals surface area contributed by atoms with Gasteiger partial charge < -0.3 is 4.48 Å². The summed E-state index contributed by atoms with van der Waals surface area (Å²) in [5, 5.41) is 0. The number of nitrogens with zero attached hydrogens (tertiary/aromatic N) is 1. The molecule has 11 heavy (non-hydrogen) atoms. The van der Waals surface area contributed by atoms with E-state index in [2.05, 4.69) is 20.8 Å². The molecule has 0 aliphatic carbocycles. The van der Waals surface area contributed by atoms with Crippen LogP contribution < -0.4 is 5.73 Å². The van der Waals surface area contributed by atoms with E-state index in [1.165, 1.54) is 0 Å². The smallest absolute Gasteiger partial charge is 0.293 e. The van der Waals surface area contributed by atoms with Crippen molar-refractivity contribution in [3.05, 3.63) is 0 Å². The number of nitrogens with one attached hydrogen (secondary N) is 1. The molecule has 0 spiro atoms. The summed E-state index contributed by atoms with van der Waals surface area (Å²) in [6.07, 6.45) is 0. The second-order valence-electron chi connectivity index (χ2n) is 2.87. The van der Waals surface area contributed by atoms with E-state index in [-0.39, 0.29) is 0 Å². The summed E-state index contributed by atoms with van der Waals surface area (Å²) in [5.74, 6) is -0.449. The first-order chi connectivity index (χ1) is 5.10. The SMILES string of the molecule is CC[N+](CC)(CC)CC([NH])=O. The lowest BCUT2D eigenvalue weighted by molar-refractivity contribution is -0.915. The maximum Gasteiger partial charge on any atom is 0.293 e. The average molecular weight is 158 g/mol. The first-order valence-electron chi connectivity index (χ1n) is 4.19. The molecule has 0 saturated heterocycles. The van der Waals surface area contributed by atoms with Crippen LogP contribution in [0.4, 0.5) is 0 Å². The van der Waals surface area contributed by atoms with Gasteiger partial charge in [-0.2, -0.15) is 0 Å². The topological polar surface area (TPSA) is 40.9 Å². The van der Waals surface area contributed by atoms with E-state index in [0.29, 0.717) is 6.54 Å². The Balaban J connectivity index is 4.16. The predicted octanol–water partition coefficient (Wildman–Crippen LogP) is 0.672. The summed E-state index contributed by atoms with van der Waals surface area (Å²) in [5.41, 5.74) is 6.89. The van der Waals surface area contributed by atoms with Crippen LogP contribution in [0, 0.1) is 0 Å². The van der Waals surface area contributed by atoms with E-state index in [1.807, 2.05) is 0 Å². The summed E-state index contributed by atoms with van der Waals surface area (Å²) in [6, 6.07) is 0. The van der Waals surface area contributed by atoms with E-state index in [9.17, 15) is 4.79 Å². The van der Waals surface area contributed by atoms with Gasteiger partial charge in [-0.3, -0.25) is 10.5 Å². The highest BCUT2D eigenvalue weighted by Gasteiger charge is 2.22. The van der Waals surface area contributed by atoms with Crippen molar-refractivity contribution >= 4 is 5.91 Å². The molecule has 0 rings (SSSR count). The molecule has 0 aliphatic rings. The molecule has 0 unspecified atom stereocenters. The number of hydrogen-bond donors (Lipinski definition) is 0. The second kappa shape index (κ2) is 4.34. The van der Waals surface area contributed by atoms with Crippen LogP contribution in [-0.2, 0) is 4.79 Å². The van der Waals surface area contributed by atoms with Gasteiger partial charge in [0.2, 0.25) is 0 Å². The molecule has 0 saturated carbocycles. The van der Waals surface area contributed by atoms with Crippen molar-refractivity contribution in [2.24, 2.45) is 0 Å². The molecule has 1 radical (unpaired) electrons. The molecule has 3 heteroatoms. The number of rotatable bonds is 5. The molecule has 0 fully saturated rings. The first-order valence-corrected chi connectivity index (χ1v) is 4.19. The summed E-state index contributed by atoms with van der Waals surface area (Å²) in [6.45, 7) is 9.39. The maximum absolute atomic E-state index is 10.6. The summed E-state index contributed by atoms with van der Waals surface area (Å²) in [4.78, 5) is 10.6. The molecule has 1 N–H and O–H groups in total. The standard InChI is InChI=1S/C8H18N2O/c1-4-10(5-2,6-3)7-8(9)11/h9H,4-7H2,1-3H3/q+1. The lowest BCUT2D eigenvalue weighted by Crippen LogP contribution is -2.50. The molecule has 0 heterocycles. The van der Waals surface area contributed by atoms with Crippen LogP contribution in [0.15, 0.2) is 0 Å². The maximum atomic E-state index is 10.6. The molecule has 0 aromatic carbocycles. The molecule has 0 aromatic rings. The Morgan fingerprint density at radius 2 is 1.55 bits per heavy atom. The van der Waals surface area contributed by atoms with Crippen molar-refractivity contribution in [2.75, 3.05) is 26.2 Å². The van der Waals surface area contributed by atoms with Crippen LogP contribution in [-0.4, -0.2) is 36.6 Å². The highest BCUT2D eigenvalue weighted by molar-refractivity contribution is 5.74. The van der Waals surface area contributed by atoms with Gasteiger partial charge in [-0.05, 0) is 20.8 Å². The summed E-state index contributed by atoms with van der Waals surface area (Å²) in [7, 11) is 0. The normalized spacial score (nSPS) is 11.5. The zero-order valence-corrected chi connectivity index (χ0v) is 7.68. The van der Waals surface area contributed by atoms with Crippen molar-refractivity contribution in [1.29, 1.82) is 0 Å². The average Bonchev–Trinajstić information content (AvgIpc) is 2.00. The van der Waals surface area contributed by atoms with Crippen molar-refractivity contribution < 1.29 is 9.28 Å². The van der Waals surface area contributed by atoms with Crippen LogP contribution in [0.2, 0.25) is 0 Å². The fourth-order valence-electron chi connectivity index (χ4n) is 1.31. The lowest BCUT2D eigenvalue weighted by Gasteiger charge is -2.34. The zero-order chi connectivity index (χ0) is 8.91. The van der Waals surface area contributed by atoms with Crippen molar-refractivity contribution in [3.63, 3.8) is 0 Å². The van der Waals surface area contributed by atoms with E-state index >= 15 is 0 Å². The molecular weight excluding hydrogens is 140 g/mol. The third-order valence-electron chi connectivity index (χ3n) is 2.49. The largest absolute Gasteiger partial charge is 0.316 e. The molecule has 0 aromatic heterocycles. The molecular formula is C8H18N2O+. The minimum Gasteiger partial charge on any atom is -0.316 e. The number of amides is 1. The molecule has 0 atom stereocenters. The number of quaternary nitrogens is 1. The van der Waals surface area contributed by atoms with E-state index < -0.39 is 5.91 Å². The summed E-state index contributed by atoms with van der Waals surface area (Å²) < 4.78 is 0.752. The van der Waals surface area contributed by atoms with Crippen LogP contribution in [0.3, 0.4) is 0 Å². The van der Waals surface area contributed by atoms with E-state index in [4.69, 9.17) is 5.73 Å². The third kappa shape index (κ3) is 2.89. The number of carbonyl (C=O) groups is 1. The Kier molecular flexibility index (Phi) is 4.11. The molecule has 65 valence electrons. The van der Waals surface area contributed by atoms with Crippen LogP contribution in [0.5, 0.6) is 0 Å². The van der Waals surface area contributed by atoms with Gasteiger partial charge in [0.1, 0.15) is 0 Å². The Morgan fingerprint density at radius 1 is 1.18 bits per heavy atom. The minimum absolute atomic E-state index is 0.365. The molecule has 3 nitrogen and oxygen atoms in total. The molecule has 1 amide bonds. The van der Waals surface area contributed by atoms with Gasteiger partial charge >= 0.3 is 0 Å². The van der Waals surface area contributed by atoms with Crippen LogP contribution in [0.25, 0.3) is 0 Å². The lowest BCUT2D eigenvalue weighted by atomic mass is 10.3. The Hall–Kier alpha value is -0.570. The van der Waals surface area contributed by atoms with Gasteiger partial charge in [0, 0.05) is 0 Å². The fraction of sp³-hybridized carbons (Fsp3) is 0.875. The Bertz CT molecular complexity index is 122. The third-order valence-corrected chi connectivity index (χ3v) is 2.49. The molecule has 0 bridgehead atoms. The van der Waals surface area contributed by atoms with Gasteiger partial charge in [-0.15, -0.1) is 0 Å². The minimum atomic E-state index is -0.449. The van der Waals surface area contributed by atoms with Crippen LogP contribution >= 0.6 is 0 Å². The fourth-order valence-corrected chi connectivity index (χ4v) is 1.31. The van der Waals surface area contributed by atoms with Gasteiger partial charge in [-0.1, -0.05) is 0 Å². The van der Waals surface area contributed by atoms with Crippen molar-refractivity contribution in [2.45, 2.75) is 20.8 Å². The van der Waals surface area contributed by atoms with Crippen molar-refractivity contribution in [1.82, 2.24) is 5.73 Å². The summed E-state index contributed by atoms with van der Waals surface area (Å²) >= 11 is 0. The molecule has 0 aliphatic heterocycles. The number of carbonyl (C=O) groups excluding carboxylic acids is 1. The first kappa shape index (κ1) is 10.4. The number of hydrogen-bond acceptors (Lipinski definition) is 1. The van der Waals surface area contributed by atoms with Crippen molar-refractivity contribution in [3.8, 4) is 0 Å². The highest BCUT2D eigenvalue weighted by atomic mass is 16.1. The number of likely N-dealkylation sites (N-methyl/N-ethyl adjacent to an activating group) is 1. The van der Waals surface area contributed by atoms with Crippen LogP contribution in [0.1, 0.15) is 20.8 Å². The van der Waals surface area contributed by atoms with Gasteiger partial charge in [0.25, 0.3) is 5.91 Å². The zero-order valence-electron chi connectivity index (χ0n) is 7.68. The Labute approximate surface area is 68.8 Å². The highest BCUT2D eigenvalue weighted by Crippen LogP contribution is 2.04. The van der Waals surface area contributed by atoms with Gasteiger partial charge in [0.15, 0.2) is 6.54 Å².